The number of benzene rings is 1. The zero-order chi connectivity index (χ0) is 12.0. The number of carbonyl (C=O) groups is 1. The lowest BCUT2D eigenvalue weighted by atomic mass is 9.96. The summed E-state index contributed by atoms with van der Waals surface area (Å²) in [6.45, 7) is 2.48. The Kier molecular flexibility index (Phi) is 4.99. The van der Waals surface area contributed by atoms with Gasteiger partial charge in [-0.25, -0.2) is 0 Å². The molecule has 0 heterocycles. The highest BCUT2D eigenvalue weighted by atomic mass is 16.5. The molecule has 0 aromatic heterocycles. The van der Waals surface area contributed by atoms with Crippen LogP contribution in [0, 0.1) is 5.92 Å². The molecule has 0 amide bonds. The SMILES string of the molecule is COc1ccccc1CC(=O)C(C)CCN. The molecule has 3 nitrogen and oxygen atoms in total. The summed E-state index contributed by atoms with van der Waals surface area (Å²) in [5.74, 6) is 1.01. The third kappa shape index (κ3) is 3.35. The van der Waals surface area contributed by atoms with Crippen molar-refractivity contribution in [2.45, 2.75) is 19.8 Å². The van der Waals surface area contributed by atoms with Gasteiger partial charge in [-0.15, -0.1) is 0 Å². The fraction of sp³-hybridized carbons (Fsp3) is 0.462. The molecule has 1 unspecified atom stereocenters. The highest BCUT2D eigenvalue weighted by molar-refractivity contribution is 5.83. The van der Waals surface area contributed by atoms with Gasteiger partial charge in [-0.1, -0.05) is 25.1 Å². The van der Waals surface area contributed by atoms with Gasteiger partial charge < -0.3 is 10.5 Å². The van der Waals surface area contributed by atoms with Gasteiger partial charge in [-0.05, 0) is 19.0 Å². The lowest BCUT2D eigenvalue weighted by Crippen LogP contribution is -2.17. The molecular formula is C13H19NO2. The molecule has 0 radical (unpaired) electrons. The second-order valence-corrected chi connectivity index (χ2v) is 3.93. The maximum absolute atomic E-state index is 11.9. The number of hydrogen-bond acceptors (Lipinski definition) is 3. The lowest BCUT2D eigenvalue weighted by Gasteiger charge is -2.11. The average Bonchev–Trinajstić information content (AvgIpc) is 2.30. The molecule has 0 fully saturated rings. The van der Waals surface area contributed by atoms with Gasteiger partial charge in [0.05, 0.1) is 7.11 Å². The molecule has 1 aromatic carbocycles. The van der Waals surface area contributed by atoms with Crippen molar-refractivity contribution in [2.24, 2.45) is 11.7 Å². The first-order chi connectivity index (χ1) is 7.69. The molecule has 0 saturated heterocycles. The molecule has 16 heavy (non-hydrogen) atoms. The molecule has 88 valence electrons. The van der Waals surface area contributed by atoms with Crippen molar-refractivity contribution in [3.05, 3.63) is 29.8 Å². The molecule has 1 rings (SSSR count). The first-order valence-corrected chi connectivity index (χ1v) is 5.53. The van der Waals surface area contributed by atoms with Crippen LogP contribution in [0.3, 0.4) is 0 Å². The Balaban J connectivity index is 2.69. The Morgan fingerprint density at radius 3 is 2.75 bits per heavy atom. The second kappa shape index (κ2) is 6.28. The van der Waals surface area contributed by atoms with E-state index in [1.54, 1.807) is 7.11 Å². The standard InChI is InChI=1S/C13H19NO2/c1-10(7-8-14)12(15)9-11-5-3-4-6-13(11)16-2/h3-6,10H,7-9,14H2,1-2H3. The summed E-state index contributed by atoms with van der Waals surface area (Å²) in [4.78, 5) is 11.9. The maximum atomic E-state index is 11.9. The monoisotopic (exact) mass is 221 g/mol. The van der Waals surface area contributed by atoms with E-state index in [0.29, 0.717) is 13.0 Å². The van der Waals surface area contributed by atoms with Gasteiger partial charge in [-0.2, -0.15) is 0 Å². The summed E-state index contributed by atoms with van der Waals surface area (Å²) < 4.78 is 5.21. The predicted octanol–water partition coefficient (Wildman–Crippen LogP) is 1.79. The van der Waals surface area contributed by atoms with Crippen LogP contribution in [0.1, 0.15) is 18.9 Å². The Hall–Kier alpha value is -1.35. The van der Waals surface area contributed by atoms with E-state index < -0.39 is 0 Å². The van der Waals surface area contributed by atoms with Crippen LogP contribution in [-0.4, -0.2) is 19.4 Å². The Morgan fingerprint density at radius 2 is 2.12 bits per heavy atom. The molecule has 0 aliphatic carbocycles. The summed E-state index contributed by atoms with van der Waals surface area (Å²) in [6, 6.07) is 7.61. The van der Waals surface area contributed by atoms with Crippen molar-refractivity contribution in [1.82, 2.24) is 0 Å². The second-order valence-electron chi connectivity index (χ2n) is 3.93. The highest BCUT2D eigenvalue weighted by Gasteiger charge is 2.14. The van der Waals surface area contributed by atoms with E-state index in [4.69, 9.17) is 10.5 Å². The van der Waals surface area contributed by atoms with Crippen molar-refractivity contribution in [3.63, 3.8) is 0 Å². The van der Waals surface area contributed by atoms with Crippen molar-refractivity contribution < 1.29 is 9.53 Å². The van der Waals surface area contributed by atoms with Crippen LogP contribution >= 0.6 is 0 Å². The molecule has 0 aliphatic rings. The summed E-state index contributed by atoms with van der Waals surface area (Å²) in [7, 11) is 1.62. The number of ether oxygens (including phenoxy) is 1. The molecule has 0 bridgehead atoms. The van der Waals surface area contributed by atoms with E-state index in [1.165, 1.54) is 0 Å². The van der Waals surface area contributed by atoms with Gasteiger partial charge in [0.15, 0.2) is 0 Å². The number of ketones is 1. The summed E-state index contributed by atoms with van der Waals surface area (Å²) in [5, 5.41) is 0. The number of nitrogens with two attached hydrogens (primary N) is 1. The Morgan fingerprint density at radius 1 is 1.44 bits per heavy atom. The molecule has 3 heteroatoms. The smallest absolute Gasteiger partial charge is 0.140 e. The van der Waals surface area contributed by atoms with Crippen molar-refractivity contribution in [3.8, 4) is 5.75 Å². The van der Waals surface area contributed by atoms with Crippen LogP contribution in [-0.2, 0) is 11.2 Å². The number of Topliss-reactive ketones (excluding diaryl/α,β-unsaturated/α-hetero) is 1. The van der Waals surface area contributed by atoms with E-state index >= 15 is 0 Å². The van der Waals surface area contributed by atoms with Gasteiger partial charge in [0, 0.05) is 17.9 Å². The van der Waals surface area contributed by atoms with Crippen LogP contribution in [0.15, 0.2) is 24.3 Å². The fourth-order valence-electron chi connectivity index (χ4n) is 1.62. The molecule has 1 atom stereocenters. The van der Waals surface area contributed by atoms with Crippen LogP contribution in [0.25, 0.3) is 0 Å². The maximum Gasteiger partial charge on any atom is 0.140 e. The third-order valence-electron chi connectivity index (χ3n) is 2.71. The topological polar surface area (TPSA) is 52.3 Å². The number of methoxy groups -OCH3 is 1. The minimum atomic E-state index is 0.0231. The normalized spacial score (nSPS) is 12.2. The number of para-hydroxylation sites is 1. The summed E-state index contributed by atoms with van der Waals surface area (Å²) >= 11 is 0. The van der Waals surface area contributed by atoms with E-state index in [2.05, 4.69) is 0 Å². The molecule has 2 N–H and O–H groups in total. The lowest BCUT2D eigenvalue weighted by molar-refractivity contribution is -0.121. The minimum Gasteiger partial charge on any atom is -0.496 e. The van der Waals surface area contributed by atoms with Gasteiger partial charge >= 0.3 is 0 Å². The Labute approximate surface area is 96.6 Å². The fourth-order valence-corrected chi connectivity index (χ4v) is 1.62. The summed E-state index contributed by atoms with van der Waals surface area (Å²) in [5.41, 5.74) is 6.38. The van der Waals surface area contributed by atoms with Gasteiger partial charge in [0.2, 0.25) is 0 Å². The quantitative estimate of drug-likeness (QED) is 0.796. The van der Waals surface area contributed by atoms with E-state index in [1.807, 2.05) is 31.2 Å². The molecule has 0 spiro atoms. The van der Waals surface area contributed by atoms with Crippen LogP contribution in [0.5, 0.6) is 5.75 Å². The van der Waals surface area contributed by atoms with Crippen molar-refractivity contribution in [2.75, 3.05) is 13.7 Å². The third-order valence-corrected chi connectivity index (χ3v) is 2.71. The molecular weight excluding hydrogens is 202 g/mol. The van der Waals surface area contributed by atoms with Gasteiger partial charge in [0.25, 0.3) is 0 Å². The van der Waals surface area contributed by atoms with Gasteiger partial charge in [0.1, 0.15) is 11.5 Å². The van der Waals surface area contributed by atoms with E-state index in [9.17, 15) is 4.79 Å². The van der Waals surface area contributed by atoms with Crippen LogP contribution < -0.4 is 10.5 Å². The number of hydrogen-bond donors (Lipinski definition) is 1. The van der Waals surface area contributed by atoms with E-state index in [-0.39, 0.29) is 11.7 Å². The van der Waals surface area contributed by atoms with Crippen LogP contribution in [0.4, 0.5) is 0 Å². The summed E-state index contributed by atoms with van der Waals surface area (Å²) in [6.07, 6.45) is 1.17. The molecule has 1 aromatic rings. The first-order valence-electron chi connectivity index (χ1n) is 5.53. The molecule has 0 saturated carbocycles. The largest absolute Gasteiger partial charge is 0.496 e. The van der Waals surface area contributed by atoms with Crippen molar-refractivity contribution >= 4 is 5.78 Å². The minimum absolute atomic E-state index is 0.0231. The average molecular weight is 221 g/mol. The zero-order valence-corrected chi connectivity index (χ0v) is 9.90. The number of rotatable bonds is 6. The highest BCUT2D eigenvalue weighted by Crippen LogP contribution is 2.19. The molecule has 0 aliphatic heterocycles. The number of carbonyl (C=O) groups excluding carboxylic acids is 1. The predicted molar refractivity (Wildman–Crippen MR) is 64.5 cm³/mol. The van der Waals surface area contributed by atoms with Gasteiger partial charge in [-0.3, -0.25) is 4.79 Å². The first kappa shape index (κ1) is 12.7. The van der Waals surface area contributed by atoms with Crippen LogP contribution in [0.2, 0.25) is 0 Å². The Bertz CT molecular complexity index is 350. The zero-order valence-electron chi connectivity index (χ0n) is 9.90. The van der Waals surface area contributed by atoms with Crippen molar-refractivity contribution in [1.29, 1.82) is 0 Å². The van der Waals surface area contributed by atoms with E-state index in [0.717, 1.165) is 17.7 Å².